The normalized spacial score (nSPS) is 14.8. The zero-order valence-electron chi connectivity index (χ0n) is 18.4. The van der Waals surface area contributed by atoms with Crippen LogP contribution in [0.1, 0.15) is 61.8 Å². The fourth-order valence-corrected chi connectivity index (χ4v) is 3.75. The van der Waals surface area contributed by atoms with E-state index in [4.69, 9.17) is 4.74 Å². The number of carbonyl (C=O) groups excluding carboxylic acids is 2. The molecule has 1 fully saturated rings. The average molecular weight is 409 g/mol. The van der Waals surface area contributed by atoms with E-state index >= 15 is 0 Å². The van der Waals surface area contributed by atoms with Crippen molar-refractivity contribution in [1.29, 1.82) is 0 Å². The van der Waals surface area contributed by atoms with Crippen LogP contribution in [0, 0.1) is 6.92 Å². The molecule has 0 radical (unpaired) electrons. The van der Waals surface area contributed by atoms with Crippen molar-refractivity contribution >= 4 is 11.8 Å². The van der Waals surface area contributed by atoms with Crippen LogP contribution in [0.25, 0.3) is 0 Å². The first-order chi connectivity index (χ1) is 14.3. The topological polar surface area (TPSA) is 58.6 Å². The minimum atomic E-state index is -0.600. The predicted octanol–water partition coefficient (Wildman–Crippen LogP) is 4.32. The maximum atomic E-state index is 12.7. The van der Waals surface area contributed by atoms with Crippen molar-refractivity contribution in [3.8, 4) is 5.75 Å². The SMILES string of the molecule is Cc1ccc(C(C)C)c(O[C@@H](C)C(=O)NCc2ccccc2CN2CCCC2=O)c1. The second-order valence-electron chi connectivity index (χ2n) is 8.36. The van der Waals surface area contributed by atoms with E-state index < -0.39 is 6.10 Å². The van der Waals surface area contributed by atoms with E-state index in [9.17, 15) is 9.59 Å². The molecule has 2 amide bonds. The molecule has 0 unspecified atom stereocenters. The summed E-state index contributed by atoms with van der Waals surface area (Å²) in [5.41, 5.74) is 4.30. The van der Waals surface area contributed by atoms with Gasteiger partial charge in [-0.05, 0) is 54.5 Å². The number of carbonyl (C=O) groups is 2. The summed E-state index contributed by atoms with van der Waals surface area (Å²) >= 11 is 0. The number of benzene rings is 2. The molecule has 1 N–H and O–H groups in total. The van der Waals surface area contributed by atoms with Gasteiger partial charge in [0.15, 0.2) is 6.10 Å². The third-order valence-electron chi connectivity index (χ3n) is 5.57. The Morgan fingerprint density at radius 2 is 1.87 bits per heavy atom. The van der Waals surface area contributed by atoms with E-state index in [0.29, 0.717) is 25.4 Å². The number of hydrogen-bond donors (Lipinski definition) is 1. The van der Waals surface area contributed by atoms with E-state index in [1.165, 1.54) is 0 Å². The van der Waals surface area contributed by atoms with Crippen LogP contribution in [0.15, 0.2) is 42.5 Å². The Bertz CT molecular complexity index is 907. The van der Waals surface area contributed by atoms with Gasteiger partial charge in [0, 0.05) is 26.1 Å². The third kappa shape index (κ3) is 5.41. The summed E-state index contributed by atoms with van der Waals surface area (Å²) in [7, 11) is 0. The van der Waals surface area contributed by atoms with E-state index in [1.54, 1.807) is 6.92 Å². The van der Waals surface area contributed by atoms with Gasteiger partial charge in [-0.25, -0.2) is 0 Å². The van der Waals surface area contributed by atoms with Gasteiger partial charge in [-0.3, -0.25) is 9.59 Å². The number of ether oxygens (including phenoxy) is 1. The van der Waals surface area contributed by atoms with Crippen LogP contribution in [0.4, 0.5) is 0 Å². The summed E-state index contributed by atoms with van der Waals surface area (Å²) in [4.78, 5) is 26.5. The Morgan fingerprint density at radius 1 is 1.13 bits per heavy atom. The molecule has 2 aromatic rings. The molecule has 5 nitrogen and oxygen atoms in total. The number of aryl methyl sites for hydroxylation is 1. The third-order valence-corrected chi connectivity index (χ3v) is 5.57. The molecule has 1 atom stereocenters. The number of nitrogens with zero attached hydrogens (tertiary/aromatic N) is 1. The molecule has 5 heteroatoms. The monoisotopic (exact) mass is 408 g/mol. The highest BCUT2D eigenvalue weighted by atomic mass is 16.5. The Kier molecular flexibility index (Phi) is 7.14. The summed E-state index contributed by atoms with van der Waals surface area (Å²) in [6.45, 7) is 9.83. The van der Waals surface area contributed by atoms with Crippen LogP contribution in [0.3, 0.4) is 0 Å². The second kappa shape index (κ2) is 9.79. The lowest BCUT2D eigenvalue weighted by Crippen LogP contribution is -2.36. The lowest BCUT2D eigenvalue weighted by atomic mass is 10.0. The van der Waals surface area contributed by atoms with E-state index in [0.717, 1.165) is 41.0 Å². The highest BCUT2D eigenvalue weighted by molar-refractivity contribution is 5.81. The zero-order valence-corrected chi connectivity index (χ0v) is 18.4. The van der Waals surface area contributed by atoms with Gasteiger partial charge in [-0.15, -0.1) is 0 Å². The van der Waals surface area contributed by atoms with Gasteiger partial charge in [0.2, 0.25) is 5.91 Å². The van der Waals surface area contributed by atoms with Crippen molar-refractivity contribution in [1.82, 2.24) is 10.2 Å². The van der Waals surface area contributed by atoms with Gasteiger partial charge in [-0.2, -0.15) is 0 Å². The van der Waals surface area contributed by atoms with Crippen molar-refractivity contribution in [3.05, 3.63) is 64.7 Å². The lowest BCUT2D eigenvalue weighted by Gasteiger charge is -2.21. The van der Waals surface area contributed by atoms with Crippen LogP contribution in [-0.4, -0.2) is 29.4 Å². The summed E-state index contributed by atoms with van der Waals surface area (Å²) in [6.07, 6.45) is 0.950. The van der Waals surface area contributed by atoms with Crippen molar-refractivity contribution in [2.24, 2.45) is 0 Å². The molecule has 0 saturated carbocycles. The van der Waals surface area contributed by atoms with Crippen molar-refractivity contribution < 1.29 is 14.3 Å². The summed E-state index contributed by atoms with van der Waals surface area (Å²) in [5.74, 6) is 1.13. The Balaban J connectivity index is 1.62. The van der Waals surface area contributed by atoms with Crippen LogP contribution < -0.4 is 10.1 Å². The van der Waals surface area contributed by atoms with E-state index in [1.807, 2.05) is 42.2 Å². The number of rotatable bonds is 8. The molecule has 30 heavy (non-hydrogen) atoms. The number of likely N-dealkylation sites (tertiary alicyclic amines) is 1. The summed E-state index contributed by atoms with van der Waals surface area (Å²) in [6, 6.07) is 14.1. The maximum Gasteiger partial charge on any atom is 0.261 e. The van der Waals surface area contributed by atoms with E-state index in [-0.39, 0.29) is 11.8 Å². The molecule has 0 bridgehead atoms. The summed E-state index contributed by atoms with van der Waals surface area (Å²) < 4.78 is 6.02. The zero-order chi connectivity index (χ0) is 21.7. The quantitative estimate of drug-likeness (QED) is 0.707. The second-order valence-corrected chi connectivity index (χ2v) is 8.36. The minimum Gasteiger partial charge on any atom is -0.481 e. The molecule has 0 spiro atoms. The largest absolute Gasteiger partial charge is 0.481 e. The predicted molar refractivity (Wildman–Crippen MR) is 118 cm³/mol. The molecule has 160 valence electrons. The fraction of sp³-hybridized carbons (Fsp3) is 0.440. The van der Waals surface area contributed by atoms with Crippen molar-refractivity contribution in [2.75, 3.05) is 6.54 Å². The van der Waals surface area contributed by atoms with Gasteiger partial charge in [-0.1, -0.05) is 50.2 Å². The summed E-state index contributed by atoms with van der Waals surface area (Å²) in [5, 5.41) is 2.99. The number of amides is 2. The highest BCUT2D eigenvalue weighted by Crippen LogP contribution is 2.28. The smallest absolute Gasteiger partial charge is 0.261 e. The molecular weight excluding hydrogens is 376 g/mol. The van der Waals surface area contributed by atoms with Crippen molar-refractivity contribution in [3.63, 3.8) is 0 Å². The molecule has 0 aromatic heterocycles. The molecule has 2 aromatic carbocycles. The van der Waals surface area contributed by atoms with Crippen LogP contribution in [-0.2, 0) is 22.7 Å². The first kappa shape index (κ1) is 21.9. The molecule has 1 aliphatic rings. The van der Waals surface area contributed by atoms with E-state index in [2.05, 4.69) is 31.3 Å². The first-order valence-corrected chi connectivity index (χ1v) is 10.7. The van der Waals surface area contributed by atoms with Gasteiger partial charge < -0.3 is 15.0 Å². The van der Waals surface area contributed by atoms with Gasteiger partial charge in [0.1, 0.15) is 5.75 Å². The molecule has 1 saturated heterocycles. The minimum absolute atomic E-state index is 0.154. The Hall–Kier alpha value is -2.82. The van der Waals surface area contributed by atoms with Gasteiger partial charge in [0.05, 0.1) is 0 Å². The molecule has 3 rings (SSSR count). The Labute approximate surface area is 179 Å². The first-order valence-electron chi connectivity index (χ1n) is 10.7. The molecule has 1 aliphatic heterocycles. The lowest BCUT2D eigenvalue weighted by molar-refractivity contribution is -0.128. The van der Waals surface area contributed by atoms with Gasteiger partial charge in [0.25, 0.3) is 5.91 Å². The molecule has 0 aliphatic carbocycles. The molecular formula is C25H32N2O3. The van der Waals surface area contributed by atoms with Crippen LogP contribution >= 0.6 is 0 Å². The number of hydrogen-bond acceptors (Lipinski definition) is 3. The Morgan fingerprint density at radius 3 is 2.53 bits per heavy atom. The highest BCUT2D eigenvalue weighted by Gasteiger charge is 2.22. The van der Waals surface area contributed by atoms with Crippen molar-refractivity contribution in [2.45, 2.75) is 65.6 Å². The van der Waals surface area contributed by atoms with Crippen LogP contribution in [0.5, 0.6) is 5.75 Å². The average Bonchev–Trinajstić information content (AvgIpc) is 3.11. The number of nitrogens with one attached hydrogen (secondary N) is 1. The molecule has 1 heterocycles. The van der Waals surface area contributed by atoms with Gasteiger partial charge >= 0.3 is 0 Å². The standard InChI is InChI=1S/C25H32N2O3/c1-17(2)22-12-11-18(3)14-23(22)30-19(4)25(29)26-15-20-8-5-6-9-21(20)16-27-13-7-10-24(27)28/h5-6,8-9,11-12,14,17,19H,7,10,13,15-16H2,1-4H3,(H,26,29)/t19-/m0/s1. The van der Waals surface area contributed by atoms with Crippen LogP contribution in [0.2, 0.25) is 0 Å². The fourth-order valence-electron chi connectivity index (χ4n) is 3.75. The maximum absolute atomic E-state index is 12.7.